The Balaban J connectivity index is 2.26. The number of hydrogen-bond donors (Lipinski definition) is 11. The third kappa shape index (κ3) is 16.4. The van der Waals surface area contributed by atoms with Crippen LogP contribution in [-0.4, -0.2) is 124 Å². The van der Waals surface area contributed by atoms with Gasteiger partial charge in [0.15, 0.2) is 5.96 Å². The van der Waals surface area contributed by atoms with Crippen molar-refractivity contribution in [3.8, 4) is 5.75 Å². The molecule has 0 aromatic heterocycles. The molecule has 15 N–H and O–H groups in total. The third-order valence-electron chi connectivity index (χ3n) is 9.51. The topological polar surface area (TPSA) is 357 Å². The number of benzene rings is 1. The van der Waals surface area contributed by atoms with Gasteiger partial charge in [-0.05, 0) is 68.6 Å². The maximum atomic E-state index is 13.9. The van der Waals surface area contributed by atoms with Crippen molar-refractivity contribution in [1.29, 1.82) is 0 Å². The number of carbonyl (C=O) groups excluding carboxylic acids is 7. The quantitative estimate of drug-likeness (QED) is 0.0290. The number of hydrogen-bond acceptors (Lipinski definition) is 11. The average molecular weight is 832 g/mol. The number of aliphatic imine (C=N–C) groups is 1. The van der Waals surface area contributed by atoms with E-state index in [0.29, 0.717) is 12.0 Å². The Morgan fingerprint density at radius 3 is 1.97 bits per heavy atom. The Labute approximate surface area is 343 Å². The van der Waals surface area contributed by atoms with E-state index in [2.05, 4.69) is 31.6 Å². The summed E-state index contributed by atoms with van der Waals surface area (Å²) < 4.78 is 0. The van der Waals surface area contributed by atoms with E-state index in [-0.39, 0.29) is 62.8 Å². The number of carbonyl (C=O) groups is 8. The predicted molar refractivity (Wildman–Crippen MR) is 215 cm³/mol. The zero-order valence-corrected chi connectivity index (χ0v) is 34.2. The first kappa shape index (κ1) is 49.2. The van der Waals surface area contributed by atoms with Gasteiger partial charge in [0.05, 0.1) is 6.04 Å². The molecule has 1 aromatic rings. The van der Waals surface area contributed by atoms with Crippen LogP contribution in [-0.2, 0) is 44.8 Å². The van der Waals surface area contributed by atoms with Crippen molar-refractivity contribution in [1.82, 2.24) is 31.5 Å². The number of phenols is 1. The molecule has 0 aliphatic carbocycles. The highest BCUT2D eigenvalue weighted by Crippen LogP contribution is 2.21. The smallest absolute Gasteiger partial charge is 0.303 e. The number of nitrogens with two attached hydrogens (primary N) is 4. The number of primary amides is 1. The molecule has 1 saturated heterocycles. The number of guanidine groups is 1. The van der Waals surface area contributed by atoms with Crippen molar-refractivity contribution >= 4 is 53.3 Å². The van der Waals surface area contributed by atoms with Crippen LogP contribution in [0.2, 0.25) is 0 Å². The normalized spacial score (nSPS) is 16.8. The van der Waals surface area contributed by atoms with E-state index in [1.807, 2.05) is 0 Å². The molecule has 1 fully saturated rings. The van der Waals surface area contributed by atoms with Crippen LogP contribution in [0.1, 0.15) is 78.7 Å². The number of nitrogens with zero attached hydrogens (tertiary/aromatic N) is 2. The Bertz CT molecular complexity index is 1680. The lowest BCUT2D eigenvalue weighted by Gasteiger charge is -2.32. The van der Waals surface area contributed by atoms with Crippen LogP contribution >= 0.6 is 0 Å². The largest absolute Gasteiger partial charge is 0.508 e. The van der Waals surface area contributed by atoms with Crippen LogP contribution in [0.15, 0.2) is 29.3 Å². The maximum absolute atomic E-state index is 13.9. The van der Waals surface area contributed by atoms with Crippen molar-refractivity contribution in [2.45, 2.75) is 122 Å². The van der Waals surface area contributed by atoms with Gasteiger partial charge in [-0.3, -0.25) is 43.3 Å². The molecule has 59 heavy (non-hydrogen) atoms. The highest BCUT2D eigenvalue weighted by Gasteiger charge is 2.42. The fraction of sp³-hybridized carbons (Fsp3) is 0.605. The van der Waals surface area contributed by atoms with E-state index in [1.165, 1.54) is 24.0 Å². The molecule has 1 aliphatic rings. The van der Waals surface area contributed by atoms with Crippen LogP contribution in [0.3, 0.4) is 0 Å². The first-order valence-corrected chi connectivity index (χ1v) is 19.5. The molecule has 7 amide bonds. The summed E-state index contributed by atoms with van der Waals surface area (Å²) in [5.74, 6) is -7.08. The minimum Gasteiger partial charge on any atom is -0.508 e. The van der Waals surface area contributed by atoms with Gasteiger partial charge in [0.25, 0.3) is 0 Å². The number of carboxylic acid groups (broad SMARTS) is 1. The molecule has 328 valence electrons. The molecule has 1 aliphatic heterocycles. The van der Waals surface area contributed by atoms with Gasteiger partial charge >= 0.3 is 5.97 Å². The van der Waals surface area contributed by atoms with Crippen LogP contribution in [0.25, 0.3) is 0 Å². The minimum atomic E-state index is -1.44. The molecular weight excluding hydrogens is 770 g/mol. The lowest BCUT2D eigenvalue weighted by molar-refractivity contribution is -0.142. The molecule has 0 spiro atoms. The number of aromatic hydroxyl groups is 1. The second-order valence-corrected chi connectivity index (χ2v) is 15.4. The van der Waals surface area contributed by atoms with E-state index in [0.717, 1.165) is 0 Å². The standard InChI is InChI=1S/C38H61N11O10/c1-19(2)17-27(34(56)44-21(5)31(40)53)48-33(55)25(12-13-29(51)52)45-36(58)30(20(3)4)49-16-14-26(37(49)59)46-35(57)28(18-22-8-10-23(50)11-9-22)47-32(54)24(39)7-6-15-43-38(41)42/h8-11,19-21,24-28,30,50H,6-7,12-18,39H2,1-5H3,(H2,40,53)(H,44,56)(H,45,58)(H,46,57)(H,47,54)(H,48,55)(H,51,52)(H4,41,42,43)/t21-,24-,25-,26+,27-,28-,30-/m1/s1. The Morgan fingerprint density at radius 2 is 1.41 bits per heavy atom. The van der Waals surface area contributed by atoms with Gasteiger partial charge in [-0.15, -0.1) is 0 Å². The number of aliphatic carboxylic acids is 1. The Hall–Kier alpha value is -5.99. The van der Waals surface area contributed by atoms with Gasteiger partial charge in [0.2, 0.25) is 41.4 Å². The van der Waals surface area contributed by atoms with E-state index < -0.39 is 102 Å². The van der Waals surface area contributed by atoms with Gasteiger partial charge < -0.3 is 64.6 Å². The van der Waals surface area contributed by atoms with Crippen molar-refractivity contribution in [2.24, 2.45) is 39.8 Å². The number of likely N-dealkylation sites (tertiary alicyclic amines) is 1. The van der Waals surface area contributed by atoms with E-state index >= 15 is 0 Å². The molecule has 0 bridgehead atoms. The summed E-state index contributed by atoms with van der Waals surface area (Å²) in [5, 5.41) is 32.0. The molecule has 0 saturated carbocycles. The SMILES string of the molecule is CC(C)C[C@@H](NC(=O)[C@@H](CCC(=O)O)NC(=O)[C@@H](C(C)C)N1CC[C@H](NC(=O)[C@@H](Cc2ccc(O)cc2)NC(=O)[C@H](N)CCCN=C(N)N)C1=O)C(=O)N[C@H](C)C(N)=O. The van der Waals surface area contributed by atoms with Crippen molar-refractivity contribution in [3.05, 3.63) is 29.8 Å². The zero-order valence-electron chi connectivity index (χ0n) is 34.2. The molecule has 1 aromatic carbocycles. The number of carboxylic acids is 1. The lowest BCUT2D eigenvalue weighted by Crippen LogP contribution is -2.59. The summed E-state index contributed by atoms with van der Waals surface area (Å²) in [7, 11) is 0. The van der Waals surface area contributed by atoms with Crippen molar-refractivity contribution < 1.29 is 48.6 Å². The number of rotatable bonds is 24. The molecule has 21 nitrogen and oxygen atoms in total. The first-order valence-electron chi connectivity index (χ1n) is 19.5. The van der Waals surface area contributed by atoms with Crippen molar-refractivity contribution in [3.63, 3.8) is 0 Å². The number of nitrogens with one attached hydrogen (secondary N) is 5. The van der Waals surface area contributed by atoms with Crippen LogP contribution in [0.5, 0.6) is 5.75 Å². The second kappa shape index (κ2) is 23.4. The third-order valence-corrected chi connectivity index (χ3v) is 9.51. The van der Waals surface area contributed by atoms with E-state index in [1.54, 1.807) is 39.8 Å². The summed E-state index contributed by atoms with van der Waals surface area (Å²) in [6, 6.07) is -2.16. The van der Waals surface area contributed by atoms with Gasteiger partial charge in [0.1, 0.15) is 42.0 Å². The molecule has 7 atom stereocenters. The molecule has 0 unspecified atom stereocenters. The summed E-state index contributed by atoms with van der Waals surface area (Å²) in [6.45, 7) is 8.57. The number of amides is 7. The molecule has 1 heterocycles. The summed E-state index contributed by atoms with van der Waals surface area (Å²) >= 11 is 0. The van der Waals surface area contributed by atoms with E-state index in [9.17, 15) is 48.6 Å². The highest BCUT2D eigenvalue weighted by atomic mass is 16.4. The van der Waals surface area contributed by atoms with Gasteiger partial charge in [0, 0.05) is 25.9 Å². The Morgan fingerprint density at radius 1 is 0.814 bits per heavy atom. The second-order valence-electron chi connectivity index (χ2n) is 15.4. The van der Waals surface area contributed by atoms with E-state index in [4.69, 9.17) is 22.9 Å². The number of phenolic OH excluding ortho intramolecular Hbond substituents is 1. The van der Waals surface area contributed by atoms with Gasteiger partial charge in [-0.1, -0.05) is 39.8 Å². The highest BCUT2D eigenvalue weighted by molar-refractivity contribution is 5.98. The fourth-order valence-electron chi connectivity index (χ4n) is 6.35. The molecular formula is C38H61N11O10. The van der Waals surface area contributed by atoms with Crippen molar-refractivity contribution in [2.75, 3.05) is 13.1 Å². The first-order chi connectivity index (χ1) is 27.6. The summed E-state index contributed by atoms with van der Waals surface area (Å²) in [6.07, 6.45) is -0.0872. The monoisotopic (exact) mass is 831 g/mol. The summed E-state index contributed by atoms with van der Waals surface area (Å²) in [4.78, 5) is 109. The average Bonchev–Trinajstić information content (AvgIpc) is 3.49. The Kier molecular flexibility index (Phi) is 19.5. The molecule has 0 radical (unpaired) electrons. The fourth-order valence-corrected chi connectivity index (χ4v) is 6.35. The van der Waals surface area contributed by atoms with Gasteiger partial charge in [-0.25, -0.2) is 0 Å². The zero-order chi connectivity index (χ0) is 44.6. The summed E-state index contributed by atoms with van der Waals surface area (Å²) in [5.41, 5.74) is 22.6. The maximum Gasteiger partial charge on any atom is 0.303 e. The van der Waals surface area contributed by atoms with Crippen LogP contribution < -0.4 is 49.5 Å². The molecule has 2 rings (SSSR count). The van der Waals surface area contributed by atoms with Gasteiger partial charge in [-0.2, -0.15) is 0 Å². The van der Waals surface area contributed by atoms with Crippen LogP contribution in [0.4, 0.5) is 0 Å². The minimum absolute atomic E-state index is 0.00902. The predicted octanol–water partition coefficient (Wildman–Crippen LogP) is -2.59. The molecule has 21 heteroatoms. The lowest BCUT2D eigenvalue weighted by atomic mass is 9.99. The van der Waals surface area contributed by atoms with Crippen LogP contribution in [0, 0.1) is 11.8 Å².